The first-order valence-corrected chi connectivity index (χ1v) is 7.37. The first-order valence-electron chi connectivity index (χ1n) is 7.37. The van der Waals surface area contributed by atoms with Gasteiger partial charge in [-0.2, -0.15) is 5.10 Å². The van der Waals surface area contributed by atoms with Gasteiger partial charge in [-0.05, 0) is 30.7 Å². The lowest BCUT2D eigenvalue weighted by Gasteiger charge is -2.18. The Hall–Kier alpha value is -1.92. The third-order valence-corrected chi connectivity index (χ3v) is 3.39. The van der Waals surface area contributed by atoms with Crippen LogP contribution < -0.4 is 10.1 Å². The van der Waals surface area contributed by atoms with Crippen molar-refractivity contribution in [1.29, 1.82) is 0 Å². The van der Waals surface area contributed by atoms with Crippen LogP contribution in [0.15, 0.2) is 36.7 Å². The number of benzene rings is 1. The summed E-state index contributed by atoms with van der Waals surface area (Å²) in [5.74, 6) is 0.233. The van der Waals surface area contributed by atoms with Gasteiger partial charge in [-0.25, -0.2) is 4.39 Å². The lowest BCUT2D eigenvalue weighted by Crippen LogP contribution is -2.33. The summed E-state index contributed by atoms with van der Waals surface area (Å²) in [5.41, 5.74) is 1.09. The fraction of sp³-hybridized carbons (Fsp3) is 0.438. The average Bonchev–Trinajstić information content (AvgIpc) is 2.94. The molecule has 0 amide bonds. The molecule has 0 aliphatic heterocycles. The van der Waals surface area contributed by atoms with E-state index in [1.807, 2.05) is 19.4 Å². The minimum absolute atomic E-state index is 0.147. The Balaban J connectivity index is 1.76. The summed E-state index contributed by atoms with van der Waals surface area (Å²) in [6.45, 7) is 2.64. The van der Waals surface area contributed by atoms with E-state index in [4.69, 9.17) is 4.74 Å². The van der Waals surface area contributed by atoms with Gasteiger partial charge in [0.2, 0.25) is 0 Å². The lowest BCUT2D eigenvalue weighted by atomic mass is 10.1. The maximum atomic E-state index is 12.8. The van der Waals surface area contributed by atoms with Crippen LogP contribution in [0.4, 0.5) is 4.39 Å². The Kier molecular flexibility index (Phi) is 5.91. The highest BCUT2D eigenvalue weighted by molar-refractivity contribution is 5.22. The van der Waals surface area contributed by atoms with Crippen molar-refractivity contribution < 1.29 is 14.2 Å². The summed E-state index contributed by atoms with van der Waals surface area (Å²) >= 11 is 0. The highest BCUT2D eigenvalue weighted by Gasteiger charge is 2.13. The van der Waals surface area contributed by atoms with E-state index >= 15 is 0 Å². The van der Waals surface area contributed by atoms with Crippen LogP contribution in [0.25, 0.3) is 0 Å². The van der Waals surface area contributed by atoms with Gasteiger partial charge in [0, 0.05) is 31.4 Å². The highest BCUT2D eigenvalue weighted by Crippen LogP contribution is 2.15. The lowest BCUT2D eigenvalue weighted by molar-refractivity contribution is 0.103. The molecule has 2 aromatic rings. The zero-order chi connectivity index (χ0) is 15.9. The molecule has 0 fully saturated rings. The third-order valence-electron chi connectivity index (χ3n) is 3.39. The van der Waals surface area contributed by atoms with E-state index in [-0.39, 0.29) is 18.5 Å². The number of hydrogen-bond donors (Lipinski definition) is 2. The number of aryl methyl sites for hydroxylation is 1. The van der Waals surface area contributed by atoms with Crippen LogP contribution in [0.2, 0.25) is 0 Å². The molecule has 0 aliphatic rings. The monoisotopic (exact) mass is 307 g/mol. The number of ether oxygens (including phenoxy) is 1. The molecule has 6 heteroatoms. The molecule has 22 heavy (non-hydrogen) atoms. The van der Waals surface area contributed by atoms with Gasteiger partial charge >= 0.3 is 0 Å². The molecule has 0 spiro atoms. The fourth-order valence-electron chi connectivity index (χ4n) is 2.18. The maximum absolute atomic E-state index is 12.8. The van der Waals surface area contributed by atoms with Crippen LogP contribution in [0.3, 0.4) is 0 Å². The summed E-state index contributed by atoms with van der Waals surface area (Å²) in [5, 5.41) is 17.4. The van der Waals surface area contributed by atoms with Gasteiger partial charge in [0.05, 0.1) is 6.20 Å². The summed E-state index contributed by atoms with van der Waals surface area (Å²) in [6.07, 6.45) is 4.04. The van der Waals surface area contributed by atoms with Crippen LogP contribution in [0.1, 0.15) is 24.9 Å². The molecule has 0 bridgehead atoms. The second kappa shape index (κ2) is 7.91. The Labute approximate surface area is 129 Å². The van der Waals surface area contributed by atoms with E-state index in [1.54, 1.807) is 16.8 Å². The Morgan fingerprint density at radius 2 is 2.09 bits per heavy atom. The van der Waals surface area contributed by atoms with E-state index < -0.39 is 6.10 Å². The first kappa shape index (κ1) is 16.5. The van der Waals surface area contributed by atoms with Gasteiger partial charge in [-0.1, -0.05) is 6.92 Å². The van der Waals surface area contributed by atoms with Gasteiger partial charge in [0.25, 0.3) is 0 Å². The number of aromatic nitrogens is 2. The summed E-state index contributed by atoms with van der Waals surface area (Å²) in [7, 11) is 1.88. The summed E-state index contributed by atoms with van der Waals surface area (Å²) in [4.78, 5) is 0. The van der Waals surface area contributed by atoms with E-state index in [1.165, 1.54) is 12.1 Å². The van der Waals surface area contributed by atoms with E-state index in [0.717, 1.165) is 12.0 Å². The normalized spacial score (nSPS) is 13.8. The van der Waals surface area contributed by atoms with Gasteiger partial charge in [-0.3, -0.25) is 4.68 Å². The largest absolute Gasteiger partial charge is 0.491 e. The van der Waals surface area contributed by atoms with Crippen molar-refractivity contribution in [2.45, 2.75) is 25.5 Å². The molecule has 1 heterocycles. The van der Waals surface area contributed by atoms with E-state index in [2.05, 4.69) is 17.3 Å². The smallest absolute Gasteiger partial charge is 0.123 e. The molecular weight excluding hydrogens is 285 g/mol. The molecule has 5 nitrogen and oxygen atoms in total. The molecule has 2 atom stereocenters. The van der Waals surface area contributed by atoms with Crippen molar-refractivity contribution >= 4 is 0 Å². The predicted octanol–water partition coefficient (Wildman–Crippen LogP) is 2.04. The van der Waals surface area contributed by atoms with Crippen molar-refractivity contribution in [3.05, 3.63) is 48.0 Å². The van der Waals surface area contributed by atoms with Gasteiger partial charge in [0.15, 0.2) is 0 Å². The summed E-state index contributed by atoms with van der Waals surface area (Å²) < 4.78 is 20.0. The van der Waals surface area contributed by atoms with E-state index in [0.29, 0.717) is 12.3 Å². The number of rotatable bonds is 8. The fourth-order valence-corrected chi connectivity index (χ4v) is 2.18. The molecule has 0 radical (unpaired) electrons. The Morgan fingerprint density at radius 3 is 2.68 bits per heavy atom. The van der Waals surface area contributed by atoms with Crippen molar-refractivity contribution in [2.24, 2.45) is 7.05 Å². The molecule has 0 aliphatic carbocycles. The number of aliphatic hydroxyl groups is 1. The van der Waals surface area contributed by atoms with Crippen LogP contribution in [0.5, 0.6) is 5.75 Å². The van der Waals surface area contributed by atoms with Gasteiger partial charge in [0.1, 0.15) is 24.3 Å². The van der Waals surface area contributed by atoms with Crippen molar-refractivity contribution in [3.8, 4) is 5.75 Å². The average molecular weight is 307 g/mol. The number of nitrogens with zero attached hydrogens (tertiary/aromatic N) is 2. The van der Waals surface area contributed by atoms with Gasteiger partial charge < -0.3 is 15.2 Å². The number of hydrogen-bond acceptors (Lipinski definition) is 4. The van der Waals surface area contributed by atoms with Crippen molar-refractivity contribution in [2.75, 3.05) is 13.2 Å². The molecule has 2 rings (SSSR count). The van der Waals surface area contributed by atoms with Crippen LogP contribution in [0, 0.1) is 5.82 Å². The maximum Gasteiger partial charge on any atom is 0.123 e. The molecule has 1 aromatic carbocycles. The van der Waals surface area contributed by atoms with Crippen molar-refractivity contribution in [1.82, 2.24) is 15.1 Å². The first-order chi connectivity index (χ1) is 10.6. The zero-order valence-corrected chi connectivity index (χ0v) is 12.9. The number of nitrogens with one attached hydrogen (secondary N) is 1. The third kappa shape index (κ3) is 4.82. The standard InChI is InChI=1S/C16H22FN3O2/c1-3-16(12-8-19-20(2)10-12)18-9-14(21)11-22-15-6-4-13(17)5-7-15/h4-8,10,14,16,18,21H,3,9,11H2,1-2H3. The molecule has 2 unspecified atom stereocenters. The second-order valence-corrected chi connectivity index (χ2v) is 5.24. The minimum Gasteiger partial charge on any atom is -0.491 e. The minimum atomic E-state index is -0.643. The quantitative estimate of drug-likeness (QED) is 0.783. The Morgan fingerprint density at radius 1 is 1.36 bits per heavy atom. The predicted molar refractivity (Wildman–Crippen MR) is 82.1 cm³/mol. The van der Waals surface area contributed by atoms with Crippen LogP contribution in [-0.4, -0.2) is 34.1 Å². The number of aliphatic hydroxyl groups excluding tert-OH is 1. The van der Waals surface area contributed by atoms with E-state index in [9.17, 15) is 9.50 Å². The zero-order valence-electron chi connectivity index (χ0n) is 12.9. The SMILES string of the molecule is CCC(NCC(O)COc1ccc(F)cc1)c1cnn(C)c1. The number of halogens is 1. The molecule has 0 saturated carbocycles. The molecular formula is C16H22FN3O2. The second-order valence-electron chi connectivity index (χ2n) is 5.24. The van der Waals surface area contributed by atoms with Crippen molar-refractivity contribution in [3.63, 3.8) is 0 Å². The van der Waals surface area contributed by atoms with Crippen LogP contribution >= 0.6 is 0 Å². The molecule has 1 aromatic heterocycles. The topological polar surface area (TPSA) is 59.3 Å². The van der Waals surface area contributed by atoms with Gasteiger partial charge in [-0.15, -0.1) is 0 Å². The van der Waals surface area contributed by atoms with Crippen LogP contribution in [-0.2, 0) is 7.05 Å². The summed E-state index contributed by atoms with van der Waals surface area (Å²) in [6, 6.07) is 5.89. The Bertz CT molecular complexity index is 571. The molecule has 120 valence electrons. The molecule has 2 N–H and O–H groups in total. The highest BCUT2D eigenvalue weighted by atomic mass is 19.1. The molecule has 0 saturated heterocycles.